The number of rotatable bonds is 5. The van der Waals surface area contributed by atoms with Gasteiger partial charge in [-0.15, -0.1) is 0 Å². The molecule has 1 saturated carbocycles. The second kappa shape index (κ2) is 8.51. The highest BCUT2D eigenvalue weighted by molar-refractivity contribution is 5.98. The number of ether oxygens (including phenoxy) is 2. The molecule has 8 nitrogen and oxygen atoms in total. The van der Waals surface area contributed by atoms with Gasteiger partial charge >= 0.3 is 5.97 Å². The third kappa shape index (κ3) is 3.67. The van der Waals surface area contributed by atoms with Gasteiger partial charge in [0.25, 0.3) is 0 Å². The first kappa shape index (κ1) is 19.8. The van der Waals surface area contributed by atoms with Gasteiger partial charge < -0.3 is 14.4 Å². The molecule has 3 fully saturated rings. The molecule has 8 heteroatoms. The Bertz CT molecular complexity index is 896. The normalized spacial score (nSPS) is 21.7. The fourth-order valence-corrected chi connectivity index (χ4v) is 4.99. The van der Waals surface area contributed by atoms with Crippen LogP contribution in [0.4, 0.5) is 5.69 Å². The van der Waals surface area contributed by atoms with Gasteiger partial charge in [-0.2, -0.15) is 5.10 Å². The summed E-state index contributed by atoms with van der Waals surface area (Å²) in [7, 11) is 0. The fourth-order valence-electron chi connectivity index (χ4n) is 4.99. The van der Waals surface area contributed by atoms with Gasteiger partial charge in [0.1, 0.15) is 0 Å². The number of pyridine rings is 1. The van der Waals surface area contributed by atoms with Gasteiger partial charge in [-0.1, -0.05) is 6.42 Å². The summed E-state index contributed by atoms with van der Waals surface area (Å²) in [6.07, 6.45) is 5.88. The first-order valence-corrected chi connectivity index (χ1v) is 11.4. The van der Waals surface area contributed by atoms with E-state index in [1.807, 2.05) is 13.0 Å². The standard InChI is InChI=1S/C22H31N5O3/c1-2-30-22(28)17-14-18(19-20(15-4-3-5-15)24-25-21(19)23-17)27-8-6-16(7-9-27)26-10-12-29-13-11-26/h14-16H,2-13H2,1H3,(H,23,24,25). The molecule has 0 amide bonds. The fraction of sp³-hybridized carbons (Fsp3) is 0.682. The van der Waals surface area contributed by atoms with Crippen molar-refractivity contribution in [2.45, 2.75) is 51.0 Å². The summed E-state index contributed by atoms with van der Waals surface area (Å²) in [5, 5.41) is 8.81. The molecule has 0 radical (unpaired) electrons. The lowest BCUT2D eigenvalue weighted by molar-refractivity contribution is 0.0115. The zero-order valence-electron chi connectivity index (χ0n) is 17.7. The first-order valence-electron chi connectivity index (χ1n) is 11.4. The molecule has 3 aliphatic rings. The molecule has 30 heavy (non-hydrogen) atoms. The van der Waals surface area contributed by atoms with Gasteiger partial charge in [-0.25, -0.2) is 9.78 Å². The molecule has 0 aromatic carbocycles. The van der Waals surface area contributed by atoms with Crippen molar-refractivity contribution in [1.29, 1.82) is 0 Å². The van der Waals surface area contributed by atoms with Crippen LogP contribution < -0.4 is 4.90 Å². The van der Waals surface area contributed by atoms with Crippen molar-refractivity contribution in [3.63, 3.8) is 0 Å². The van der Waals surface area contributed by atoms with Crippen LogP contribution in [0.5, 0.6) is 0 Å². The largest absolute Gasteiger partial charge is 0.461 e. The van der Waals surface area contributed by atoms with Crippen molar-refractivity contribution in [1.82, 2.24) is 20.1 Å². The van der Waals surface area contributed by atoms with E-state index in [0.29, 0.717) is 29.9 Å². The number of piperidine rings is 1. The van der Waals surface area contributed by atoms with Crippen molar-refractivity contribution in [3.8, 4) is 0 Å². The van der Waals surface area contributed by atoms with E-state index < -0.39 is 0 Å². The predicted molar refractivity (Wildman–Crippen MR) is 114 cm³/mol. The molecule has 162 valence electrons. The van der Waals surface area contributed by atoms with Crippen molar-refractivity contribution < 1.29 is 14.3 Å². The minimum absolute atomic E-state index is 0.340. The second-order valence-electron chi connectivity index (χ2n) is 8.58. The van der Waals surface area contributed by atoms with E-state index in [1.165, 1.54) is 25.0 Å². The van der Waals surface area contributed by atoms with Crippen LogP contribution in [0.3, 0.4) is 0 Å². The van der Waals surface area contributed by atoms with Gasteiger partial charge in [-0.05, 0) is 38.7 Å². The maximum atomic E-state index is 12.4. The number of hydrogen-bond acceptors (Lipinski definition) is 7. The SMILES string of the molecule is CCOC(=O)c1cc(N2CCC(N3CCOCC3)CC2)c2c(C3CCC3)[nH]nc2n1. The van der Waals surface area contributed by atoms with Crippen LogP contribution in [-0.2, 0) is 9.47 Å². The number of anilines is 1. The Balaban J connectivity index is 1.44. The number of morpholine rings is 1. The van der Waals surface area contributed by atoms with Crippen LogP contribution in [0, 0.1) is 0 Å². The van der Waals surface area contributed by atoms with Crippen LogP contribution in [0.1, 0.15) is 61.1 Å². The first-order chi connectivity index (χ1) is 14.7. The minimum atomic E-state index is -0.378. The highest BCUT2D eigenvalue weighted by Gasteiger charge is 2.31. The summed E-state index contributed by atoms with van der Waals surface area (Å²) < 4.78 is 10.7. The molecule has 2 aliphatic heterocycles. The third-order valence-electron chi connectivity index (χ3n) is 6.90. The molecular formula is C22H31N5O3. The molecule has 2 aromatic rings. The summed E-state index contributed by atoms with van der Waals surface area (Å²) in [6, 6.07) is 2.54. The maximum absolute atomic E-state index is 12.4. The smallest absolute Gasteiger partial charge is 0.357 e. The summed E-state index contributed by atoms with van der Waals surface area (Å²) in [5.74, 6) is 0.145. The number of H-pyrrole nitrogens is 1. The molecule has 4 heterocycles. The number of aromatic nitrogens is 3. The maximum Gasteiger partial charge on any atom is 0.357 e. The Morgan fingerprint density at radius 1 is 1.20 bits per heavy atom. The van der Waals surface area contributed by atoms with E-state index in [1.54, 1.807) is 0 Å². The zero-order chi connectivity index (χ0) is 20.5. The Labute approximate surface area is 176 Å². The highest BCUT2D eigenvalue weighted by atomic mass is 16.5. The summed E-state index contributed by atoms with van der Waals surface area (Å²) in [6.45, 7) is 7.85. The van der Waals surface area contributed by atoms with Crippen LogP contribution in [-0.4, -0.2) is 78.1 Å². The summed E-state index contributed by atoms with van der Waals surface area (Å²) in [4.78, 5) is 22.0. The number of nitrogens with one attached hydrogen (secondary N) is 1. The molecule has 0 atom stereocenters. The van der Waals surface area contributed by atoms with Crippen molar-refractivity contribution >= 4 is 22.7 Å². The van der Waals surface area contributed by atoms with Gasteiger partial charge in [0.2, 0.25) is 0 Å². The van der Waals surface area contributed by atoms with Crippen LogP contribution in [0.25, 0.3) is 11.0 Å². The number of carbonyl (C=O) groups excluding carboxylic acids is 1. The second-order valence-corrected chi connectivity index (χ2v) is 8.58. The van der Waals surface area contributed by atoms with Gasteiger partial charge in [0.15, 0.2) is 11.3 Å². The lowest BCUT2D eigenvalue weighted by Crippen LogP contribution is -2.49. The average Bonchev–Trinajstić information content (AvgIpc) is 3.16. The van der Waals surface area contributed by atoms with E-state index in [9.17, 15) is 4.79 Å². The van der Waals surface area contributed by atoms with E-state index in [-0.39, 0.29) is 5.97 Å². The van der Waals surface area contributed by atoms with E-state index in [4.69, 9.17) is 9.47 Å². The molecule has 1 aliphatic carbocycles. The number of aromatic amines is 1. The van der Waals surface area contributed by atoms with Crippen LogP contribution in [0.2, 0.25) is 0 Å². The van der Waals surface area contributed by atoms with Crippen molar-refractivity contribution in [2.24, 2.45) is 0 Å². The number of nitrogens with zero attached hydrogens (tertiary/aromatic N) is 4. The van der Waals surface area contributed by atoms with Crippen molar-refractivity contribution in [2.75, 3.05) is 50.9 Å². The molecule has 2 aromatic heterocycles. The molecule has 1 N–H and O–H groups in total. The van der Waals surface area contributed by atoms with Crippen LogP contribution >= 0.6 is 0 Å². The Hall–Kier alpha value is -2.19. The van der Waals surface area contributed by atoms with Gasteiger partial charge in [0.05, 0.1) is 30.9 Å². The topological polar surface area (TPSA) is 83.6 Å². The average molecular weight is 414 g/mol. The number of fused-ring (bicyclic) bond motifs is 1. The van der Waals surface area contributed by atoms with E-state index in [0.717, 1.165) is 63.3 Å². The molecule has 0 unspecified atom stereocenters. The van der Waals surface area contributed by atoms with Gasteiger partial charge in [-0.3, -0.25) is 10.00 Å². The molecule has 0 spiro atoms. The Morgan fingerprint density at radius 2 is 1.97 bits per heavy atom. The number of esters is 1. The predicted octanol–water partition coefficient (Wildman–Crippen LogP) is 2.70. The van der Waals surface area contributed by atoms with Crippen LogP contribution in [0.15, 0.2) is 6.07 Å². The number of carbonyl (C=O) groups is 1. The highest BCUT2D eigenvalue weighted by Crippen LogP contribution is 2.41. The third-order valence-corrected chi connectivity index (χ3v) is 6.90. The molecule has 2 saturated heterocycles. The lowest BCUT2D eigenvalue weighted by Gasteiger charge is -2.41. The summed E-state index contributed by atoms with van der Waals surface area (Å²) >= 11 is 0. The van der Waals surface area contributed by atoms with Gasteiger partial charge in [0, 0.05) is 43.8 Å². The Kier molecular flexibility index (Phi) is 5.60. The number of hydrogen-bond donors (Lipinski definition) is 1. The van der Waals surface area contributed by atoms with E-state index >= 15 is 0 Å². The lowest BCUT2D eigenvalue weighted by atomic mass is 9.82. The zero-order valence-corrected chi connectivity index (χ0v) is 17.7. The molecule has 0 bridgehead atoms. The molecular weight excluding hydrogens is 382 g/mol. The monoisotopic (exact) mass is 413 g/mol. The minimum Gasteiger partial charge on any atom is -0.461 e. The Morgan fingerprint density at radius 3 is 2.63 bits per heavy atom. The van der Waals surface area contributed by atoms with Crippen molar-refractivity contribution in [3.05, 3.63) is 17.5 Å². The summed E-state index contributed by atoms with van der Waals surface area (Å²) in [5.41, 5.74) is 3.25. The molecule has 5 rings (SSSR count). The quantitative estimate of drug-likeness (QED) is 0.755. The van der Waals surface area contributed by atoms with E-state index in [2.05, 4.69) is 25.0 Å².